The molecule has 114 valence electrons. The predicted molar refractivity (Wildman–Crippen MR) is 63.9 cm³/mol. The summed E-state index contributed by atoms with van der Waals surface area (Å²) in [6, 6.07) is 0. The van der Waals surface area contributed by atoms with Crippen LogP contribution in [0.1, 0.15) is 44.4 Å². The lowest BCUT2D eigenvalue weighted by atomic mass is 9.91. The molecule has 0 radical (unpaired) electrons. The number of likely N-dealkylation sites (tertiary alicyclic amines) is 1. The Morgan fingerprint density at radius 3 is 2.35 bits per heavy atom. The number of alkyl halides is 3. The molecule has 1 aliphatic heterocycles. The van der Waals surface area contributed by atoms with Gasteiger partial charge >= 0.3 is 6.18 Å². The van der Waals surface area contributed by atoms with E-state index in [1.807, 2.05) is 13.8 Å². The van der Waals surface area contributed by atoms with Gasteiger partial charge in [-0.1, -0.05) is 13.8 Å². The van der Waals surface area contributed by atoms with E-state index < -0.39 is 11.8 Å². The zero-order valence-electron chi connectivity index (χ0n) is 11.4. The molecule has 1 aliphatic rings. The minimum absolute atomic E-state index is 0.118. The van der Waals surface area contributed by atoms with Crippen LogP contribution in [-0.2, 0) is 6.54 Å². The van der Waals surface area contributed by atoms with E-state index in [0.717, 1.165) is 0 Å². The Morgan fingerprint density at radius 1 is 1.30 bits per heavy atom. The second-order valence-electron chi connectivity index (χ2n) is 5.49. The molecule has 1 saturated heterocycles. The summed E-state index contributed by atoms with van der Waals surface area (Å²) in [5, 5.41) is 17.3. The minimum Gasteiger partial charge on any atom is -0.424 e. The van der Waals surface area contributed by atoms with Crippen molar-refractivity contribution < 1.29 is 22.7 Å². The van der Waals surface area contributed by atoms with Crippen molar-refractivity contribution in [3.63, 3.8) is 0 Å². The second-order valence-corrected chi connectivity index (χ2v) is 5.49. The van der Waals surface area contributed by atoms with E-state index in [9.17, 15) is 18.3 Å². The van der Waals surface area contributed by atoms with E-state index >= 15 is 0 Å². The lowest BCUT2D eigenvalue weighted by Crippen LogP contribution is -2.53. The molecule has 0 amide bonds. The Balaban J connectivity index is 1.91. The average Bonchev–Trinajstić information content (AvgIpc) is 2.79. The standard InChI is InChI=1S/C12H18F3N3O2/c1-8(2)10-17-16-9(20-10)7-18-5-3-11(19,4-6-18)12(13,14)15/h8,19H,3-7H2,1-2H3. The van der Waals surface area contributed by atoms with Gasteiger partial charge in [-0.05, 0) is 12.8 Å². The van der Waals surface area contributed by atoms with Gasteiger partial charge in [-0.3, -0.25) is 4.90 Å². The van der Waals surface area contributed by atoms with Crippen LogP contribution in [0.2, 0.25) is 0 Å². The predicted octanol–water partition coefficient (Wildman–Crippen LogP) is 2.08. The van der Waals surface area contributed by atoms with Crippen molar-refractivity contribution in [1.29, 1.82) is 0 Å². The van der Waals surface area contributed by atoms with Crippen LogP contribution in [0.15, 0.2) is 4.42 Å². The third-order valence-corrected chi connectivity index (χ3v) is 3.55. The van der Waals surface area contributed by atoms with Crippen LogP contribution in [0.5, 0.6) is 0 Å². The first-order valence-corrected chi connectivity index (χ1v) is 6.55. The van der Waals surface area contributed by atoms with E-state index in [2.05, 4.69) is 10.2 Å². The summed E-state index contributed by atoms with van der Waals surface area (Å²) < 4.78 is 43.4. The van der Waals surface area contributed by atoms with Gasteiger partial charge in [0, 0.05) is 19.0 Å². The highest BCUT2D eigenvalue weighted by Crippen LogP contribution is 2.38. The third kappa shape index (κ3) is 3.12. The van der Waals surface area contributed by atoms with Crippen LogP contribution < -0.4 is 0 Å². The molecule has 0 unspecified atom stereocenters. The maximum Gasteiger partial charge on any atom is 0.417 e. The van der Waals surface area contributed by atoms with Crippen molar-refractivity contribution in [2.75, 3.05) is 13.1 Å². The summed E-state index contributed by atoms with van der Waals surface area (Å²) in [6.45, 7) is 4.45. The van der Waals surface area contributed by atoms with Crippen molar-refractivity contribution in [2.24, 2.45) is 0 Å². The Bertz CT molecular complexity index is 451. The van der Waals surface area contributed by atoms with Crippen LogP contribution in [0.3, 0.4) is 0 Å². The summed E-state index contributed by atoms with van der Waals surface area (Å²) in [6.07, 6.45) is -5.24. The molecule has 1 fully saturated rings. The summed E-state index contributed by atoms with van der Waals surface area (Å²) >= 11 is 0. The van der Waals surface area contributed by atoms with Gasteiger partial charge in [-0.15, -0.1) is 10.2 Å². The summed E-state index contributed by atoms with van der Waals surface area (Å²) in [5.74, 6) is 1.03. The molecule has 2 rings (SSSR count). The molecule has 5 nitrogen and oxygen atoms in total. The molecule has 20 heavy (non-hydrogen) atoms. The molecule has 8 heteroatoms. The first-order chi connectivity index (χ1) is 9.21. The smallest absolute Gasteiger partial charge is 0.417 e. The van der Waals surface area contributed by atoms with Gasteiger partial charge in [0.15, 0.2) is 5.60 Å². The van der Waals surface area contributed by atoms with Gasteiger partial charge in [0.05, 0.1) is 6.54 Å². The topological polar surface area (TPSA) is 62.4 Å². The minimum atomic E-state index is -4.58. The first kappa shape index (κ1) is 15.2. The number of aliphatic hydroxyl groups is 1. The number of aromatic nitrogens is 2. The van der Waals surface area contributed by atoms with Crippen molar-refractivity contribution in [2.45, 2.75) is 50.9 Å². The highest BCUT2D eigenvalue weighted by molar-refractivity contribution is 4.93. The molecule has 1 aromatic heterocycles. The molecule has 0 spiro atoms. The Kier molecular flexibility index (Phi) is 4.06. The molecule has 2 heterocycles. The molecular formula is C12H18F3N3O2. The van der Waals surface area contributed by atoms with Gasteiger partial charge in [-0.2, -0.15) is 13.2 Å². The average molecular weight is 293 g/mol. The monoisotopic (exact) mass is 293 g/mol. The zero-order valence-corrected chi connectivity index (χ0v) is 11.4. The van der Waals surface area contributed by atoms with Crippen LogP contribution >= 0.6 is 0 Å². The van der Waals surface area contributed by atoms with E-state index in [4.69, 9.17) is 4.42 Å². The van der Waals surface area contributed by atoms with Gasteiger partial charge in [0.25, 0.3) is 0 Å². The number of hydrogen-bond donors (Lipinski definition) is 1. The summed E-state index contributed by atoms with van der Waals surface area (Å²) in [5.41, 5.74) is -2.57. The molecule has 0 aliphatic carbocycles. The molecule has 0 aromatic carbocycles. The van der Waals surface area contributed by atoms with Gasteiger partial charge in [0.1, 0.15) is 0 Å². The van der Waals surface area contributed by atoms with Crippen LogP contribution in [0.4, 0.5) is 13.2 Å². The second kappa shape index (κ2) is 5.33. The summed E-state index contributed by atoms with van der Waals surface area (Å²) in [7, 11) is 0. The fraction of sp³-hybridized carbons (Fsp3) is 0.833. The largest absolute Gasteiger partial charge is 0.424 e. The lowest BCUT2D eigenvalue weighted by Gasteiger charge is -2.38. The zero-order chi connectivity index (χ0) is 15.0. The van der Waals surface area contributed by atoms with Gasteiger partial charge < -0.3 is 9.52 Å². The first-order valence-electron chi connectivity index (χ1n) is 6.55. The maximum absolute atomic E-state index is 12.7. The summed E-state index contributed by atoms with van der Waals surface area (Å²) in [4.78, 5) is 1.78. The molecular weight excluding hydrogens is 275 g/mol. The van der Waals surface area contributed by atoms with Crippen LogP contribution in [-0.4, -0.2) is 45.1 Å². The molecule has 0 bridgehead atoms. The molecule has 1 N–H and O–H groups in total. The van der Waals surface area contributed by atoms with Crippen LogP contribution in [0, 0.1) is 0 Å². The number of piperidine rings is 1. The number of nitrogens with zero attached hydrogens (tertiary/aromatic N) is 3. The Hall–Kier alpha value is -1.15. The van der Waals surface area contributed by atoms with Crippen molar-refractivity contribution in [1.82, 2.24) is 15.1 Å². The quantitative estimate of drug-likeness (QED) is 0.924. The third-order valence-electron chi connectivity index (χ3n) is 3.55. The maximum atomic E-state index is 12.7. The molecule has 0 saturated carbocycles. The molecule has 1 aromatic rings. The lowest BCUT2D eigenvalue weighted by molar-refractivity contribution is -0.273. The Morgan fingerprint density at radius 2 is 1.90 bits per heavy atom. The van der Waals surface area contributed by atoms with Crippen molar-refractivity contribution in [3.05, 3.63) is 11.8 Å². The molecule has 0 atom stereocenters. The van der Waals surface area contributed by atoms with E-state index in [-0.39, 0.29) is 31.8 Å². The Labute approximate surface area is 114 Å². The van der Waals surface area contributed by atoms with E-state index in [0.29, 0.717) is 18.3 Å². The number of halogens is 3. The fourth-order valence-corrected chi connectivity index (χ4v) is 2.12. The van der Waals surface area contributed by atoms with E-state index in [1.165, 1.54) is 0 Å². The van der Waals surface area contributed by atoms with Gasteiger partial charge in [0.2, 0.25) is 11.8 Å². The number of hydrogen-bond acceptors (Lipinski definition) is 5. The highest BCUT2D eigenvalue weighted by atomic mass is 19.4. The highest BCUT2D eigenvalue weighted by Gasteiger charge is 2.54. The SMILES string of the molecule is CC(C)c1nnc(CN2CCC(O)(C(F)(F)F)CC2)o1. The fourth-order valence-electron chi connectivity index (χ4n) is 2.12. The van der Waals surface area contributed by atoms with E-state index in [1.54, 1.807) is 4.90 Å². The van der Waals surface area contributed by atoms with Crippen molar-refractivity contribution in [3.8, 4) is 0 Å². The van der Waals surface area contributed by atoms with Crippen LogP contribution in [0.25, 0.3) is 0 Å². The van der Waals surface area contributed by atoms with Crippen molar-refractivity contribution >= 4 is 0 Å². The number of rotatable bonds is 3. The van der Waals surface area contributed by atoms with Gasteiger partial charge in [-0.25, -0.2) is 0 Å². The normalized spacial score (nSPS) is 20.6.